The molecule has 0 saturated carbocycles. The molecule has 21 heavy (non-hydrogen) atoms. The lowest BCUT2D eigenvalue weighted by atomic mass is 10.2. The minimum atomic E-state index is -0.330. The van der Waals surface area contributed by atoms with E-state index in [-0.39, 0.29) is 12.4 Å². The van der Waals surface area contributed by atoms with Gasteiger partial charge in [-0.1, -0.05) is 25.1 Å². The van der Waals surface area contributed by atoms with Crippen molar-refractivity contribution in [1.82, 2.24) is 0 Å². The first-order valence-corrected chi connectivity index (χ1v) is 6.83. The number of aldehydes is 1. The van der Waals surface area contributed by atoms with Crippen molar-refractivity contribution in [2.24, 2.45) is 0 Å². The molecule has 2 rings (SSSR count). The molecule has 0 radical (unpaired) electrons. The third-order valence-electron chi connectivity index (χ3n) is 2.93. The molecular weight excluding hydrogens is 271 g/mol. The number of ether oxygens (including phenoxy) is 2. The summed E-state index contributed by atoms with van der Waals surface area (Å²) in [7, 11) is 0. The summed E-state index contributed by atoms with van der Waals surface area (Å²) in [4.78, 5) is 11.0. The summed E-state index contributed by atoms with van der Waals surface area (Å²) >= 11 is 0. The maximum Gasteiger partial charge on any atom is 0.153 e. The second-order valence-corrected chi connectivity index (χ2v) is 4.55. The first-order chi connectivity index (χ1) is 10.2. The molecule has 3 nitrogen and oxygen atoms in total. The molecule has 0 spiro atoms. The Morgan fingerprint density at radius 2 is 1.95 bits per heavy atom. The molecular formula is C17H17FO3. The maximum absolute atomic E-state index is 13.5. The minimum absolute atomic E-state index is 0.0603. The molecule has 0 aliphatic carbocycles. The molecule has 0 bridgehead atoms. The monoisotopic (exact) mass is 288 g/mol. The van der Waals surface area contributed by atoms with Gasteiger partial charge in [-0.05, 0) is 24.6 Å². The molecule has 0 amide bonds. The first-order valence-electron chi connectivity index (χ1n) is 6.83. The summed E-state index contributed by atoms with van der Waals surface area (Å²) in [6.45, 7) is 2.66. The maximum atomic E-state index is 13.5. The Kier molecular flexibility index (Phi) is 5.32. The van der Waals surface area contributed by atoms with E-state index in [4.69, 9.17) is 9.47 Å². The molecule has 110 valence electrons. The zero-order valence-corrected chi connectivity index (χ0v) is 11.8. The summed E-state index contributed by atoms with van der Waals surface area (Å²) in [6.07, 6.45) is 1.60. The van der Waals surface area contributed by atoms with Crippen LogP contribution in [0.3, 0.4) is 0 Å². The number of benzene rings is 2. The predicted molar refractivity (Wildman–Crippen MR) is 78.3 cm³/mol. The van der Waals surface area contributed by atoms with Crippen molar-refractivity contribution in [3.05, 3.63) is 59.4 Å². The van der Waals surface area contributed by atoms with Crippen LogP contribution in [0.1, 0.15) is 29.3 Å². The molecule has 2 aromatic carbocycles. The number of hydrogen-bond donors (Lipinski definition) is 0. The fraction of sp³-hybridized carbons (Fsp3) is 0.235. The van der Waals surface area contributed by atoms with Crippen LogP contribution < -0.4 is 9.47 Å². The predicted octanol–water partition coefficient (Wildman–Crippen LogP) is 4.01. The molecule has 0 saturated heterocycles. The SMILES string of the molecule is CCCOc1ccc(C=O)c(OCc2ccccc2F)c1. The van der Waals surface area contributed by atoms with Crippen LogP contribution in [-0.2, 0) is 6.61 Å². The largest absolute Gasteiger partial charge is 0.493 e. The molecule has 0 aromatic heterocycles. The van der Waals surface area contributed by atoms with Gasteiger partial charge in [0.25, 0.3) is 0 Å². The molecule has 0 aliphatic heterocycles. The van der Waals surface area contributed by atoms with Crippen molar-refractivity contribution < 1.29 is 18.7 Å². The summed E-state index contributed by atoms with van der Waals surface area (Å²) in [5.74, 6) is 0.691. The Morgan fingerprint density at radius 1 is 1.14 bits per heavy atom. The van der Waals surface area contributed by atoms with Crippen LogP contribution in [0, 0.1) is 5.82 Å². The highest BCUT2D eigenvalue weighted by Crippen LogP contribution is 2.25. The summed E-state index contributed by atoms with van der Waals surface area (Å²) < 4.78 is 24.6. The number of carbonyl (C=O) groups excluding carboxylic acids is 1. The number of hydrogen-bond acceptors (Lipinski definition) is 3. The molecule has 0 aliphatic rings. The highest BCUT2D eigenvalue weighted by atomic mass is 19.1. The van der Waals surface area contributed by atoms with E-state index in [1.165, 1.54) is 6.07 Å². The molecule has 0 heterocycles. The van der Waals surface area contributed by atoms with Gasteiger partial charge in [0.2, 0.25) is 0 Å². The first kappa shape index (κ1) is 15.0. The van der Waals surface area contributed by atoms with Crippen molar-refractivity contribution >= 4 is 6.29 Å². The van der Waals surface area contributed by atoms with Gasteiger partial charge in [0.1, 0.15) is 23.9 Å². The van der Waals surface area contributed by atoms with Crippen molar-refractivity contribution in [2.45, 2.75) is 20.0 Å². The highest BCUT2D eigenvalue weighted by molar-refractivity contribution is 5.79. The van der Waals surface area contributed by atoms with E-state index in [0.717, 1.165) is 6.42 Å². The van der Waals surface area contributed by atoms with Crippen LogP contribution in [0.2, 0.25) is 0 Å². The lowest BCUT2D eigenvalue weighted by Gasteiger charge is -2.11. The second-order valence-electron chi connectivity index (χ2n) is 4.55. The molecule has 0 unspecified atom stereocenters. The summed E-state index contributed by atoms with van der Waals surface area (Å²) in [5.41, 5.74) is 0.851. The topological polar surface area (TPSA) is 35.5 Å². The summed E-state index contributed by atoms with van der Waals surface area (Å²) in [6, 6.07) is 11.4. The van der Waals surface area contributed by atoms with Gasteiger partial charge in [-0.25, -0.2) is 4.39 Å². The fourth-order valence-electron chi connectivity index (χ4n) is 1.82. The highest BCUT2D eigenvalue weighted by Gasteiger charge is 2.08. The van der Waals surface area contributed by atoms with E-state index in [9.17, 15) is 9.18 Å². The standard InChI is InChI=1S/C17H17FO3/c1-2-9-20-15-8-7-13(11-19)17(10-15)21-12-14-5-3-4-6-16(14)18/h3-8,10-11H,2,9,12H2,1H3. The van der Waals surface area contributed by atoms with Crippen LogP contribution in [0.4, 0.5) is 4.39 Å². The second kappa shape index (κ2) is 7.43. The Hall–Kier alpha value is -2.36. The summed E-state index contributed by atoms with van der Waals surface area (Å²) in [5, 5.41) is 0. The van der Waals surface area contributed by atoms with Crippen LogP contribution in [0.25, 0.3) is 0 Å². The number of carbonyl (C=O) groups is 1. The average molecular weight is 288 g/mol. The quantitative estimate of drug-likeness (QED) is 0.722. The Bertz CT molecular complexity index is 611. The van der Waals surface area contributed by atoms with Crippen molar-refractivity contribution in [1.29, 1.82) is 0 Å². The van der Waals surface area contributed by atoms with Crippen molar-refractivity contribution in [2.75, 3.05) is 6.61 Å². The van der Waals surface area contributed by atoms with Crippen LogP contribution in [-0.4, -0.2) is 12.9 Å². The number of halogens is 1. The number of rotatable bonds is 7. The van der Waals surface area contributed by atoms with E-state index in [1.54, 1.807) is 36.4 Å². The Labute approximate surface area is 123 Å². The normalized spacial score (nSPS) is 10.2. The van der Waals surface area contributed by atoms with Crippen LogP contribution >= 0.6 is 0 Å². The Balaban J connectivity index is 2.13. The molecule has 4 heteroatoms. The molecule has 0 atom stereocenters. The third-order valence-corrected chi connectivity index (χ3v) is 2.93. The lowest BCUT2D eigenvalue weighted by Crippen LogP contribution is -2.02. The van der Waals surface area contributed by atoms with Crippen LogP contribution in [0.15, 0.2) is 42.5 Å². The van der Waals surface area contributed by atoms with Gasteiger partial charge in [-0.2, -0.15) is 0 Å². The van der Waals surface area contributed by atoms with Gasteiger partial charge < -0.3 is 9.47 Å². The minimum Gasteiger partial charge on any atom is -0.493 e. The zero-order chi connectivity index (χ0) is 15.1. The Morgan fingerprint density at radius 3 is 2.67 bits per heavy atom. The molecule has 0 fully saturated rings. The van der Waals surface area contributed by atoms with E-state index in [0.29, 0.717) is 35.5 Å². The van der Waals surface area contributed by atoms with Gasteiger partial charge in [0, 0.05) is 11.6 Å². The van der Waals surface area contributed by atoms with Crippen LogP contribution in [0.5, 0.6) is 11.5 Å². The molecule has 0 N–H and O–H groups in total. The smallest absolute Gasteiger partial charge is 0.153 e. The third kappa shape index (κ3) is 4.05. The fourth-order valence-corrected chi connectivity index (χ4v) is 1.82. The zero-order valence-electron chi connectivity index (χ0n) is 11.8. The van der Waals surface area contributed by atoms with Gasteiger partial charge in [-0.15, -0.1) is 0 Å². The van der Waals surface area contributed by atoms with Gasteiger partial charge in [-0.3, -0.25) is 4.79 Å². The van der Waals surface area contributed by atoms with E-state index >= 15 is 0 Å². The van der Waals surface area contributed by atoms with Gasteiger partial charge >= 0.3 is 0 Å². The average Bonchev–Trinajstić information content (AvgIpc) is 2.52. The van der Waals surface area contributed by atoms with E-state index in [1.807, 2.05) is 6.92 Å². The lowest BCUT2D eigenvalue weighted by molar-refractivity contribution is 0.111. The van der Waals surface area contributed by atoms with Gasteiger partial charge in [0.15, 0.2) is 6.29 Å². The van der Waals surface area contributed by atoms with Gasteiger partial charge in [0.05, 0.1) is 12.2 Å². The van der Waals surface area contributed by atoms with E-state index in [2.05, 4.69) is 0 Å². The molecule has 2 aromatic rings. The van der Waals surface area contributed by atoms with Crippen molar-refractivity contribution in [3.63, 3.8) is 0 Å². The van der Waals surface area contributed by atoms with E-state index < -0.39 is 0 Å². The van der Waals surface area contributed by atoms with Crippen molar-refractivity contribution in [3.8, 4) is 11.5 Å².